The second-order valence-corrected chi connectivity index (χ2v) is 10.7. The zero-order valence-electron chi connectivity index (χ0n) is 15.2. The molecule has 2 aromatic rings. The summed E-state index contributed by atoms with van der Waals surface area (Å²) >= 11 is 17.2. The summed E-state index contributed by atoms with van der Waals surface area (Å²) in [6.45, 7) is 5.75. The van der Waals surface area contributed by atoms with Gasteiger partial charge >= 0.3 is 0 Å². The van der Waals surface area contributed by atoms with Crippen LogP contribution in [0.5, 0.6) is 0 Å². The molecule has 2 aromatic carbocycles. The molecule has 0 spiro atoms. The van der Waals surface area contributed by atoms with Crippen molar-refractivity contribution >= 4 is 72.3 Å². The molecule has 10 heteroatoms. The van der Waals surface area contributed by atoms with Gasteiger partial charge in [-0.05, 0) is 70.3 Å². The number of hydrogen-bond acceptors (Lipinski definition) is 2. The highest BCUT2D eigenvalue weighted by Gasteiger charge is 2.18. The lowest BCUT2D eigenvalue weighted by molar-refractivity contribution is 0.618. The summed E-state index contributed by atoms with van der Waals surface area (Å²) in [5.41, 5.74) is 6.55. The molecule has 2 N–H and O–H groups in total. The largest absolute Gasteiger partial charge is 0.326 e. The predicted molar refractivity (Wildman–Crippen MR) is 122 cm³/mol. The molecule has 0 aliphatic rings. The lowest BCUT2D eigenvalue weighted by Crippen LogP contribution is -2.19. The average molecular weight is 579 g/mol. The van der Waals surface area contributed by atoms with Crippen molar-refractivity contribution in [3.05, 3.63) is 66.0 Å². The Morgan fingerprint density at radius 2 is 1.57 bits per heavy atom. The van der Waals surface area contributed by atoms with E-state index >= 15 is 0 Å². The molecule has 2 rings (SSSR count). The number of rotatable bonds is 3. The lowest BCUT2D eigenvalue weighted by Gasteiger charge is -2.12. The Balaban J connectivity index is 0.000000307. The first-order chi connectivity index (χ1) is 12.9. The molecule has 28 heavy (non-hydrogen) atoms. The van der Waals surface area contributed by atoms with E-state index in [1.165, 1.54) is 18.3 Å². The van der Waals surface area contributed by atoms with Crippen LogP contribution in [-0.2, 0) is 17.5 Å². The highest BCUT2D eigenvalue weighted by atomic mass is 79.9. The molecule has 0 aromatic heterocycles. The molecular formula is C18H18Br2Cl2F2N2OS. The Hall–Kier alpha value is -0.380. The van der Waals surface area contributed by atoms with Crippen LogP contribution in [0.3, 0.4) is 0 Å². The van der Waals surface area contributed by atoms with Crippen molar-refractivity contribution < 1.29 is 13.0 Å². The van der Waals surface area contributed by atoms with Crippen molar-refractivity contribution in [3.63, 3.8) is 0 Å². The van der Waals surface area contributed by atoms with Gasteiger partial charge < -0.3 is 5.73 Å². The van der Waals surface area contributed by atoms with Crippen LogP contribution in [0, 0.1) is 11.6 Å². The van der Waals surface area contributed by atoms with Crippen LogP contribution >= 0.6 is 55.1 Å². The van der Waals surface area contributed by atoms with Crippen molar-refractivity contribution in [1.29, 1.82) is 0 Å². The van der Waals surface area contributed by atoms with Crippen LogP contribution in [0.25, 0.3) is 0 Å². The first-order valence-corrected chi connectivity index (χ1v) is 11.3. The molecule has 0 saturated carbocycles. The van der Waals surface area contributed by atoms with Crippen molar-refractivity contribution in [2.45, 2.75) is 32.1 Å². The maximum atomic E-state index is 13.4. The monoisotopic (exact) mass is 576 g/mol. The van der Waals surface area contributed by atoms with Crippen LogP contribution in [0.2, 0.25) is 10.0 Å². The van der Waals surface area contributed by atoms with Gasteiger partial charge in [0.25, 0.3) is 0 Å². The SMILES string of the molecule is CC(C)(C)S(=O)N=Cc1ccc(Cl)c(F)c1Br.NCc1ccc(Cl)c(F)c1Br. The summed E-state index contributed by atoms with van der Waals surface area (Å²) in [6, 6.07) is 6.22. The summed E-state index contributed by atoms with van der Waals surface area (Å²) in [5, 5.41) is 0.139. The third-order valence-corrected chi connectivity index (χ3v) is 6.80. The summed E-state index contributed by atoms with van der Waals surface area (Å²) in [5.74, 6) is -0.994. The van der Waals surface area contributed by atoms with Crippen LogP contribution in [-0.4, -0.2) is 15.2 Å². The van der Waals surface area contributed by atoms with Crippen molar-refractivity contribution in [2.75, 3.05) is 0 Å². The van der Waals surface area contributed by atoms with E-state index in [0.717, 1.165) is 0 Å². The van der Waals surface area contributed by atoms with Gasteiger partial charge in [0.15, 0.2) is 11.6 Å². The van der Waals surface area contributed by atoms with Crippen molar-refractivity contribution in [3.8, 4) is 0 Å². The van der Waals surface area contributed by atoms with Gasteiger partial charge in [0.1, 0.15) is 11.0 Å². The molecular weight excluding hydrogens is 561 g/mol. The minimum absolute atomic E-state index is 0.0333. The van der Waals surface area contributed by atoms with E-state index in [1.807, 2.05) is 20.8 Å². The van der Waals surface area contributed by atoms with E-state index in [9.17, 15) is 13.0 Å². The quantitative estimate of drug-likeness (QED) is 0.321. The molecule has 1 unspecified atom stereocenters. The Kier molecular flexibility index (Phi) is 10.2. The maximum absolute atomic E-state index is 13.4. The van der Waals surface area contributed by atoms with Gasteiger partial charge in [-0.15, -0.1) is 0 Å². The molecule has 0 aliphatic carbocycles. The molecule has 0 fully saturated rings. The summed E-state index contributed by atoms with van der Waals surface area (Å²) in [4.78, 5) is 0. The lowest BCUT2D eigenvalue weighted by atomic mass is 10.2. The standard InChI is InChI=1S/C11H12BrClFNOS.C7H6BrClFN/c1-11(2,3)17(16)15-6-7-4-5-8(13)10(14)9(7)12;8-6-4(3-11)1-2-5(9)7(6)10/h4-6H,1-3H3;1-2H,3,11H2. The second kappa shape index (κ2) is 11.1. The molecule has 3 nitrogen and oxygen atoms in total. The minimum Gasteiger partial charge on any atom is -0.326 e. The fourth-order valence-corrected chi connectivity index (χ4v) is 3.65. The van der Waals surface area contributed by atoms with Gasteiger partial charge in [0.2, 0.25) is 0 Å². The maximum Gasteiger partial charge on any atom is 0.156 e. The van der Waals surface area contributed by atoms with Gasteiger partial charge in [-0.3, -0.25) is 0 Å². The summed E-state index contributed by atoms with van der Waals surface area (Å²) < 4.78 is 42.1. The van der Waals surface area contributed by atoms with E-state index in [2.05, 4.69) is 36.3 Å². The Bertz CT molecular complexity index is 906. The van der Waals surface area contributed by atoms with E-state index in [4.69, 9.17) is 28.9 Å². The summed E-state index contributed by atoms with van der Waals surface area (Å²) in [6.07, 6.45) is 1.38. The molecule has 1 atom stereocenters. The zero-order valence-corrected chi connectivity index (χ0v) is 20.7. The van der Waals surface area contributed by atoms with Crippen LogP contribution in [0.4, 0.5) is 8.78 Å². The molecule has 154 valence electrons. The van der Waals surface area contributed by atoms with Crippen molar-refractivity contribution in [2.24, 2.45) is 10.1 Å². The normalized spacial score (nSPS) is 12.6. The molecule has 0 radical (unpaired) electrons. The van der Waals surface area contributed by atoms with Crippen molar-refractivity contribution in [1.82, 2.24) is 0 Å². The molecule has 0 bridgehead atoms. The van der Waals surface area contributed by atoms with E-state index in [0.29, 0.717) is 22.1 Å². The highest BCUT2D eigenvalue weighted by molar-refractivity contribution is 9.10. The van der Waals surface area contributed by atoms with E-state index < -0.39 is 27.4 Å². The number of halogens is 6. The Morgan fingerprint density at radius 1 is 1.07 bits per heavy atom. The highest BCUT2D eigenvalue weighted by Crippen LogP contribution is 2.27. The van der Waals surface area contributed by atoms with Crippen LogP contribution in [0.15, 0.2) is 37.6 Å². The first-order valence-electron chi connectivity index (χ1n) is 7.82. The number of nitrogens with two attached hydrogens (primary N) is 1. The number of nitrogens with zero attached hydrogens (tertiary/aromatic N) is 1. The van der Waals surface area contributed by atoms with Crippen LogP contribution in [0.1, 0.15) is 31.9 Å². The predicted octanol–water partition coefficient (Wildman–Crippen LogP) is 6.82. The Labute approximate surface area is 192 Å². The second-order valence-electron chi connectivity index (χ2n) is 6.40. The van der Waals surface area contributed by atoms with E-state index in [1.54, 1.807) is 12.1 Å². The van der Waals surface area contributed by atoms with Gasteiger partial charge in [-0.25, -0.2) is 13.0 Å². The molecule has 0 amide bonds. The fraction of sp³-hybridized carbons (Fsp3) is 0.278. The average Bonchev–Trinajstić information content (AvgIpc) is 2.63. The molecule has 0 aliphatic heterocycles. The fourth-order valence-electron chi connectivity index (χ4n) is 1.63. The first kappa shape index (κ1) is 25.7. The van der Waals surface area contributed by atoms with Gasteiger partial charge in [0, 0.05) is 18.3 Å². The number of hydrogen-bond donors (Lipinski definition) is 1. The number of benzene rings is 2. The minimum atomic E-state index is -1.36. The van der Waals surface area contributed by atoms with Crippen LogP contribution < -0.4 is 5.73 Å². The molecule has 0 heterocycles. The van der Waals surface area contributed by atoms with E-state index in [-0.39, 0.29) is 14.5 Å². The van der Waals surface area contributed by atoms with Gasteiger partial charge in [-0.2, -0.15) is 4.40 Å². The smallest absolute Gasteiger partial charge is 0.156 e. The van der Waals surface area contributed by atoms with Gasteiger partial charge in [0.05, 0.1) is 23.7 Å². The summed E-state index contributed by atoms with van der Waals surface area (Å²) in [7, 11) is -1.36. The Morgan fingerprint density at radius 3 is 2.07 bits per heavy atom. The van der Waals surface area contributed by atoms with Gasteiger partial charge in [-0.1, -0.05) is 35.3 Å². The zero-order chi connectivity index (χ0) is 21.6. The molecule has 0 saturated heterocycles. The topological polar surface area (TPSA) is 55.5 Å². The third-order valence-electron chi connectivity index (χ3n) is 3.21. The third kappa shape index (κ3) is 7.15.